The van der Waals surface area contributed by atoms with Crippen LogP contribution in [0.3, 0.4) is 0 Å². The number of carbonyl (C=O) groups is 1. The second kappa shape index (κ2) is 9.05. The Kier molecular flexibility index (Phi) is 6.06. The van der Waals surface area contributed by atoms with Crippen LogP contribution in [0.1, 0.15) is 26.9 Å². The van der Waals surface area contributed by atoms with Crippen molar-refractivity contribution in [3.63, 3.8) is 0 Å². The summed E-state index contributed by atoms with van der Waals surface area (Å²) >= 11 is 1.78. The predicted octanol–water partition coefficient (Wildman–Crippen LogP) is 5.16. The lowest BCUT2D eigenvalue weighted by molar-refractivity contribution is 0.0757. The molecule has 4 rings (SSSR count). The van der Waals surface area contributed by atoms with Gasteiger partial charge in [-0.1, -0.05) is 54.6 Å². The molecule has 1 amide bonds. The molecule has 0 aromatic heterocycles. The first kappa shape index (κ1) is 19.4. The smallest absolute Gasteiger partial charge is 0.258 e. The van der Waals surface area contributed by atoms with Gasteiger partial charge in [0, 0.05) is 12.3 Å². The summed E-state index contributed by atoms with van der Waals surface area (Å²) in [6.07, 6.45) is 0. The second-order valence-corrected chi connectivity index (χ2v) is 7.95. The van der Waals surface area contributed by atoms with Crippen LogP contribution in [0.5, 0.6) is 11.5 Å². The molecule has 1 aliphatic heterocycles. The Morgan fingerprint density at radius 2 is 1.72 bits per heavy atom. The third kappa shape index (κ3) is 4.40. The number of nitrogens with zero attached hydrogens (tertiary/aromatic N) is 1. The van der Waals surface area contributed by atoms with Crippen LogP contribution in [0.4, 0.5) is 0 Å². The van der Waals surface area contributed by atoms with Gasteiger partial charge in [0.2, 0.25) is 0 Å². The summed E-state index contributed by atoms with van der Waals surface area (Å²) in [4.78, 5) is 15.1. The first-order valence-corrected chi connectivity index (χ1v) is 10.6. The monoisotopic (exact) mass is 405 g/mol. The molecule has 0 saturated carbocycles. The Hall–Kier alpha value is -2.92. The van der Waals surface area contributed by atoms with Gasteiger partial charge in [0.1, 0.15) is 23.5 Å². The Balaban J connectivity index is 1.46. The zero-order valence-corrected chi connectivity index (χ0v) is 17.1. The van der Waals surface area contributed by atoms with Crippen LogP contribution in [-0.4, -0.2) is 30.2 Å². The summed E-state index contributed by atoms with van der Waals surface area (Å²) < 4.78 is 11.3. The molecule has 0 spiro atoms. The molecule has 4 nitrogen and oxygen atoms in total. The van der Waals surface area contributed by atoms with Crippen LogP contribution in [0, 0.1) is 0 Å². The van der Waals surface area contributed by atoms with E-state index in [1.165, 1.54) is 0 Å². The fourth-order valence-electron chi connectivity index (χ4n) is 3.40. The maximum atomic E-state index is 13.1. The van der Waals surface area contributed by atoms with Crippen molar-refractivity contribution >= 4 is 17.7 Å². The minimum atomic E-state index is -0.00409. The molecular weight excluding hydrogens is 382 g/mol. The number of rotatable bonds is 6. The molecule has 3 aromatic carbocycles. The lowest BCUT2D eigenvalue weighted by Crippen LogP contribution is -2.30. The van der Waals surface area contributed by atoms with E-state index >= 15 is 0 Å². The van der Waals surface area contributed by atoms with Gasteiger partial charge in [-0.15, -0.1) is 11.8 Å². The minimum absolute atomic E-state index is 0.00172. The van der Waals surface area contributed by atoms with E-state index in [9.17, 15) is 4.79 Å². The van der Waals surface area contributed by atoms with Gasteiger partial charge in [0.25, 0.3) is 5.91 Å². The van der Waals surface area contributed by atoms with E-state index in [1.807, 2.05) is 83.8 Å². The Morgan fingerprint density at radius 3 is 2.48 bits per heavy atom. The summed E-state index contributed by atoms with van der Waals surface area (Å²) in [5, 5.41) is -0.00409. The highest BCUT2D eigenvalue weighted by atomic mass is 32.2. The molecular formula is C24H23NO3S. The summed E-state index contributed by atoms with van der Waals surface area (Å²) in [5.74, 6) is 2.35. The maximum Gasteiger partial charge on any atom is 0.258 e. The van der Waals surface area contributed by atoms with Crippen molar-refractivity contribution in [2.24, 2.45) is 0 Å². The SMILES string of the molecule is COc1ccccc1C(=O)N1CCS[C@@H]1c1ccc(OCc2ccccc2)cc1. The standard InChI is InChI=1S/C24H23NO3S/c1-27-22-10-6-5-9-21(22)23(26)25-15-16-29-24(25)19-11-13-20(14-12-19)28-17-18-7-3-2-4-8-18/h2-14,24H,15-17H2,1H3/t24-/m1/s1. The average molecular weight is 406 g/mol. The molecule has 5 heteroatoms. The Bertz CT molecular complexity index is 959. The average Bonchev–Trinajstić information content (AvgIpc) is 3.28. The third-order valence-corrected chi connectivity index (χ3v) is 6.16. The number of hydrogen-bond acceptors (Lipinski definition) is 4. The molecule has 0 radical (unpaired) electrons. The molecule has 1 heterocycles. The van der Waals surface area contributed by atoms with E-state index in [4.69, 9.17) is 9.47 Å². The van der Waals surface area contributed by atoms with E-state index in [2.05, 4.69) is 0 Å². The fraction of sp³-hybridized carbons (Fsp3) is 0.208. The number of thioether (sulfide) groups is 1. The first-order valence-electron chi connectivity index (χ1n) is 9.58. The number of para-hydroxylation sites is 1. The van der Waals surface area contributed by atoms with Crippen molar-refractivity contribution in [3.8, 4) is 11.5 Å². The number of carbonyl (C=O) groups excluding carboxylic acids is 1. The van der Waals surface area contributed by atoms with E-state index < -0.39 is 0 Å². The van der Waals surface area contributed by atoms with Gasteiger partial charge in [-0.3, -0.25) is 4.79 Å². The second-order valence-electron chi connectivity index (χ2n) is 6.77. The quantitative estimate of drug-likeness (QED) is 0.568. The molecule has 1 fully saturated rings. The van der Waals surface area contributed by atoms with Crippen LogP contribution in [-0.2, 0) is 6.61 Å². The van der Waals surface area contributed by atoms with Gasteiger partial charge >= 0.3 is 0 Å². The van der Waals surface area contributed by atoms with Crippen molar-refractivity contribution < 1.29 is 14.3 Å². The highest BCUT2D eigenvalue weighted by Gasteiger charge is 2.32. The molecule has 0 N–H and O–H groups in total. The lowest BCUT2D eigenvalue weighted by Gasteiger charge is -2.25. The van der Waals surface area contributed by atoms with Gasteiger partial charge in [0.15, 0.2) is 0 Å². The van der Waals surface area contributed by atoms with Crippen molar-refractivity contribution in [1.29, 1.82) is 0 Å². The zero-order valence-electron chi connectivity index (χ0n) is 16.3. The van der Waals surface area contributed by atoms with Crippen LogP contribution < -0.4 is 9.47 Å². The van der Waals surface area contributed by atoms with Crippen LogP contribution in [0.15, 0.2) is 78.9 Å². The predicted molar refractivity (Wildman–Crippen MR) is 116 cm³/mol. The molecule has 29 heavy (non-hydrogen) atoms. The maximum absolute atomic E-state index is 13.1. The van der Waals surface area contributed by atoms with Crippen molar-refractivity contribution in [3.05, 3.63) is 95.6 Å². The minimum Gasteiger partial charge on any atom is -0.496 e. The molecule has 0 unspecified atom stereocenters. The lowest BCUT2D eigenvalue weighted by atomic mass is 10.1. The normalized spacial score (nSPS) is 15.9. The van der Waals surface area contributed by atoms with Crippen LogP contribution >= 0.6 is 11.8 Å². The number of ether oxygens (including phenoxy) is 2. The number of amides is 1. The van der Waals surface area contributed by atoms with Crippen LogP contribution in [0.2, 0.25) is 0 Å². The Labute approximate surface area is 175 Å². The van der Waals surface area contributed by atoms with Crippen molar-refractivity contribution in [2.45, 2.75) is 12.0 Å². The van der Waals surface area contributed by atoms with Gasteiger partial charge < -0.3 is 14.4 Å². The van der Waals surface area contributed by atoms with Crippen LogP contribution in [0.25, 0.3) is 0 Å². The first-order chi connectivity index (χ1) is 14.3. The number of methoxy groups -OCH3 is 1. The molecule has 1 aliphatic rings. The highest BCUT2D eigenvalue weighted by molar-refractivity contribution is 7.99. The topological polar surface area (TPSA) is 38.8 Å². The summed E-state index contributed by atoms with van der Waals surface area (Å²) in [6, 6.07) is 25.5. The molecule has 3 aromatic rings. The number of benzene rings is 3. The third-order valence-electron chi connectivity index (χ3n) is 4.90. The van der Waals surface area contributed by atoms with Gasteiger partial charge in [-0.2, -0.15) is 0 Å². The molecule has 1 saturated heterocycles. The molecule has 148 valence electrons. The van der Waals surface area contributed by atoms with E-state index in [0.717, 1.165) is 29.2 Å². The van der Waals surface area contributed by atoms with E-state index in [1.54, 1.807) is 18.9 Å². The van der Waals surface area contributed by atoms with E-state index in [-0.39, 0.29) is 11.3 Å². The molecule has 0 aliphatic carbocycles. The van der Waals surface area contributed by atoms with Gasteiger partial charge in [-0.25, -0.2) is 0 Å². The Morgan fingerprint density at radius 1 is 1.00 bits per heavy atom. The summed E-state index contributed by atoms with van der Waals surface area (Å²) in [5.41, 5.74) is 2.84. The summed E-state index contributed by atoms with van der Waals surface area (Å²) in [6.45, 7) is 1.26. The zero-order chi connectivity index (χ0) is 20.1. The molecule has 0 bridgehead atoms. The number of hydrogen-bond donors (Lipinski definition) is 0. The van der Waals surface area contributed by atoms with Crippen molar-refractivity contribution in [2.75, 3.05) is 19.4 Å². The fourth-order valence-corrected chi connectivity index (χ4v) is 4.66. The van der Waals surface area contributed by atoms with Crippen molar-refractivity contribution in [1.82, 2.24) is 4.90 Å². The van der Waals surface area contributed by atoms with Gasteiger partial charge in [0.05, 0.1) is 12.7 Å². The van der Waals surface area contributed by atoms with Gasteiger partial charge in [-0.05, 0) is 35.4 Å². The molecule has 1 atom stereocenters. The highest BCUT2D eigenvalue weighted by Crippen LogP contribution is 2.40. The van der Waals surface area contributed by atoms with E-state index in [0.29, 0.717) is 17.9 Å². The summed E-state index contributed by atoms with van der Waals surface area (Å²) in [7, 11) is 1.59. The largest absolute Gasteiger partial charge is 0.496 e.